The molecule has 0 aromatic carbocycles. The van der Waals surface area contributed by atoms with Gasteiger partial charge in [0.2, 0.25) is 0 Å². The van der Waals surface area contributed by atoms with Gasteiger partial charge in [-0.05, 0) is 37.3 Å². The first kappa shape index (κ1) is 14.1. The third kappa shape index (κ3) is 3.75. The van der Waals surface area contributed by atoms with Gasteiger partial charge in [-0.3, -0.25) is 4.79 Å². The molecule has 1 amide bonds. The van der Waals surface area contributed by atoms with Crippen LogP contribution in [0.5, 0.6) is 0 Å². The smallest absolute Gasteiger partial charge is 0.284 e. The minimum Gasteiger partial charge on any atom is -0.455 e. The van der Waals surface area contributed by atoms with Crippen LogP contribution in [-0.4, -0.2) is 11.9 Å². The zero-order chi connectivity index (χ0) is 11.5. The van der Waals surface area contributed by atoms with Crippen molar-refractivity contribution in [2.75, 3.05) is 0 Å². The number of carbonyl (C=O) groups excluding carboxylic acids is 1. The molecule has 0 spiro atoms. The molecule has 5 heteroatoms. The van der Waals surface area contributed by atoms with Gasteiger partial charge in [-0.2, -0.15) is 0 Å². The van der Waals surface area contributed by atoms with E-state index >= 15 is 0 Å². The van der Waals surface area contributed by atoms with Gasteiger partial charge in [0, 0.05) is 6.04 Å². The summed E-state index contributed by atoms with van der Waals surface area (Å²) in [6.45, 7) is 2.95. The van der Waals surface area contributed by atoms with E-state index in [4.69, 9.17) is 10.2 Å². The van der Waals surface area contributed by atoms with Crippen molar-refractivity contribution in [2.24, 2.45) is 11.7 Å². The monoisotopic (exact) mass is 258 g/mol. The van der Waals surface area contributed by atoms with Crippen LogP contribution in [0.25, 0.3) is 0 Å². The summed E-state index contributed by atoms with van der Waals surface area (Å²) in [6.07, 6.45) is 3.75. The van der Waals surface area contributed by atoms with Crippen molar-refractivity contribution in [1.82, 2.24) is 5.32 Å². The van der Waals surface area contributed by atoms with Gasteiger partial charge < -0.3 is 15.5 Å². The molecule has 2 unspecified atom stereocenters. The van der Waals surface area contributed by atoms with E-state index in [1.165, 1.54) is 19.3 Å². The van der Waals surface area contributed by atoms with Crippen molar-refractivity contribution in [1.29, 1.82) is 0 Å². The molecule has 3 N–H and O–H groups in total. The number of rotatable bonds is 4. The summed E-state index contributed by atoms with van der Waals surface area (Å²) >= 11 is 0. The maximum atomic E-state index is 10.8. The van der Waals surface area contributed by atoms with Crippen LogP contribution in [0.2, 0.25) is 0 Å². The van der Waals surface area contributed by atoms with E-state index in [-0.39, 0.29) is 18.2 Å². The highest BCUT2D eigenvalue weighted by atomic mass is 35.5. The molecule has 2 atom stereocenters. The Hall–Kier alpha value is -1.00. The van der Waals surface area contributed by atoms with Crippen molar-refractivity contribution in [2.45, 2.75) is 38.8 Å². The van der Waals surface area contributed by atoms with E-state index in [1.54, 1.807) is 12.1 Å². The Kier molecular flexibility index (Phi) is 5.02. The van der Waals surface area contributed by atoms with Gasteiger partial charge in [0.25, 0.3) is 5.91 Å². The van der Waals surface area contributed by atoms with Crippen LogP contribution in [0.4, 0.5) is 0 Å². The largest absolute Gasteiger partial charge is 0.455 e. The maximum absolute atomic E-state index is 10.8. The van der Waals surface area contributed by atoms with Gasteiger partial charge in [-0.15, -0.1) is 12.4 Å². The fourth-order valence-corrected chi connectivity index (χ4v) is 2.24. The second kappa shape index (κ2) is 6.07. The van der Waals surface area contributed by atoms with Crippen LogP contribution < -0.4 is 11.1 Å². The first-order valence-electron chi connectivity index (χ1n) is 5.77. The van der Waals surface area contributed by atoms with E-state index in [2.05, 4.69) is 12.2 Å². The Labute approximate surface area is 107 Å². The van der Waals surface area contributed by atoms with E-state index in [9.17, 15) is 4.79 Å². The van der Waals surface area contributed by atoms with E-state index < -0.39 is 5.91 Å². The summed E-state index contributed by atoms with van der Waals surface area (Å²) in [5.74, 6) is 1.31. The Morgan fingerprint density at radius 3 is 2.82 bits per heavy atom. The van der Waals surface area contributed by atoms with Gasteiger partial charge in [0.1, 0.15) is 5.76 Å². The highest BCUT2D eigenvalue weighted by molar-refractivity contribution is 5.89. The summed E-state index contributed by atoms with van der Waals surface area (Å²) in [7, 11) is 0. The summed E-state index contributed by atoms with van der Waals surface area (Å²) in [4.78, 5) is 10.8. The number of hydrogen-bond donors (Lipinski definition) is 2. The summed E-state index contributed by atoms with van der Waals surface area (Å²) in [5.41, 5.74) is 5.11. The van der Waals surface area contributed by atoms with Gasteiger partial charge in [0.05, 0.1) is 6.54 Å². The topological polar surface area (TPSA) is 68.3 Å². The van der Waals surface area contributed by atoms with Crippen molar-refractivity contribution < 1.29 is 9.21 Å². The Morgan fingerprint density at radius 2 is 2.29 bits per heavy atom. The zero-order valence-corrected chi connectivity index (χ0v) is 10.8. The SMILES string of the molecule is CC1CCC(NCc2ccc(C(N)=O)o2)C1.Cl. The van der Waals surface area contributed by atoms with E-state index in [0.717, 1.165) is 11.7 Å². The molecule has 17 heavy (non-hydrogen) atoms. The molecule has 1 saturated carbocycles. The predicted molar refractivity (Wildman–Crippen MR) is 68.1 cm³/mol. The highest BCUT2D eigenvalue weighted by Gasteiger charge is 2.20. The normalized spacial score (nSPS) is 23.4. The minimum atomic E-state index is -0.513. The molecule has 1 heterocycles. The average Bonchev–Trinajstić information content (AvgIpc) is 2.83. The fourth-order valence-electron chi connectivity index (χ4n) is 2.24. The van der Waals surface area contributed by atoms with Crippen LogP contribution in [0.1, 0.15) is 42.5 Å². The molecule has 4 nitrogen and oxygen atoms in total. The lowest BCUT2D eigenvalue weighted by atomic mass is 10.1. The number of primary amides is 1. The first-order chi connectivity index (χ1) is 7.65. The van der Waals surface area contributed by atoms with Gasteiger partial charge >= 0.3 is 0 Å². The number of amides is 1. The second-order valence-corrected chi connectivity index (χ2v) is 4.63. The van der Waals surface area contributed by atoms with Crippen LogP contribution in [0.15, 0.2) is 16.5 Å². The number of hydrogen-bond acceptors (Lipinski definition) is 3. The molecule has 1 aromatic rings. The highest BCUT2D eigenvalue weighted by Crippen LogP contribution is 2.24. The lowest BCUT2D eigenvalue weighted by Crippen LogP contribution is -2.25. The fraction of sp³-hybridized carbons (Fsp3) is 0.583. The van der Waals surface area contributed by atoms with E-state index in [1.807, 2.05) is 0 Å². The van der Waals surface area contributed by atoms with Crippen LogP contribution >= 0.6 is 12.4 Å². The Bertz CT molecular complexity index is 378. The number of halogens is 1. The average molecular weight is 259 g/mol. The molecule has 0 aliphatic heterocycles. The third-order valence-corrected chi connectivity index (χ3v) is 3.16. The molecule has 2 rings (SSSR count). The van der Waals surface area contributed by atoms with Crippen molar-refractivity contribution in [3.8, 4) is 0 Å². The molecule has 1 aliphatic carbocycles. The van der Waals surface area contributed by atoms with Crippen molar-refractivity contribution in [3.63, 3.8) is 0 Å². The van der Waals surface area contributed by atoms with Crippen LogP contribution in [0.3, 0.4) is 0 Å². The predicted octanol–water partition coefficient (Wildman–Crippen LogP) is 2.08. The summed E-state index contributed by atoms with van der Waals surface area (Å²) in [5, 5.41) is 3.43. The minimum absolute atomic E-state index is 0. The third-order valence-electron chi connectivity index (χ3n) is 3.16. The first-order valence-corrected chi connectivity index (χ1v) is 5.77. The zero-order valence-electron chi connectivity index (χ0n) is 9.94. The molecule has 1 aromatic heterocycles. The Morgan fingerprint density at radius 1 is 1.53 bits per heavy atom. The van der Waals surface area contributed by atoms with Crippen molar-refractivity contribution >= 4 is 18.3 Å². The molecule has 0 saturated heterocycles. The molecule has 1 fully saturated rings. The molecular formula is C12H19ClN2O2. The van der Waals surface area contributed by atoms with Gasteiger partial charge in [0.15, 0.2) is 5.76 Å². The van der Waals surface area contributed by atoms with Gasteiger partial charge in [-0.25, -0.2) is 0 Å². The number of furan rings is 1. The second-order valence-electron chi connectivity index (χ2n) is 4.63. The number of carbonyl (C=O) groups is 1. The number of nitrogens with one attached hydrogen (secondary N) is 1. The quantitative estimate of drug-likeness (QED) is 0.869. The van der Waals surface area contributed by atoms with Crippen molar-refractivity contribution in [3.05, 3.63) is 23.7 Å². The lowest BCUT2D eigenvalue weighted by Gasteiger charge is -2.10. The molecule has 0 radical (unpaired) electrons. The lowest BCUT2D eigenvalue weighted by molar-refractivity contribution is 0.0972. The molecule has 1 aliphatic rings. The summed E-state index contributed by atoms with van der Waals surface area (Å²) in [6, 6.07) is 4.00. The molecular weight excluding hydrogens is 240 g/mol. The summed E-state index contributed by atoms with van der Waals surface area (Å²) < 4.78 is 5.29. The molecule has 96 valence electrons. The van der Waals surface area contributed by atoms with E-state index in [0.29, 0.717) is 12.6 Å². The maximum Gasteiger partial charge on any atom is 0.284 e. The standard InChI is InChI=1S/C12H18N2O2.ClH/c1-8-2-3-9(6-8)14-7-10-4-5-11(16-10)12(13)15;/h4-5,8-9,14H,2-3,6-7H2,1H3,(H2,13,15);1H. The molecule has 0 bridgehead atoms. The number of nitrogens with two attached hydrogens (primary N) is 1. The van der Waals surface area contributed by atoms with Gasteiger partial charge in [-0.1, -0.05) is 6.92 Å². The Balaban J connectivity index is 0.00000144. The van der Waals surface area contributed by atoms with Crippen LogP contribution in [0, 0.1) is 5.92 Å². The van der Waals surface area contributed by atoms with Crippen LogP contribution in [-0.2, 0) is 6.54 Å².